The molecule has 0 radical (unpaired) electrons. The third-order valence-electron chi connectivity index (χ3n) is 6.96. The number of rotatable bonds is 6. The molecule has 0 fully saturated rings. The summed E-state index contributed by atoms with van der Waals surface area (Å²) in [6.45, 7) is 2.21. The Labute approximate surface area is 220 Å². The molecule has 1 N–H and O–H groups in total. The van der Waals surface area contributed by atoms with Crippen molar-refractivity contribution in [1.29, 1.82) is 0 Å². The number of anilines is 2. The molecule has 1 aliphatic heterocycles. The van der Waals surface area contributed by atoms with Crippen LogP contribution in [0.2, 0.25) is 0 Å². The van der Waals surface area contributed by atoms with Gasteiger partial charge in [-0.15, -0.1) is 11.3 Å². The van der Waals surface area contributed by atoms with Gasteiger partial charge in [-0.1, -0.05) is 18.2 Å². The Morgan fingerprint density at radius 3 is 2.51 bits per heavy atom. The molecular formula is C29H30N2O5S. The Balaban J connectivity index is 1.36. The number of methoxy groups -OCH3 is 1. The molecule has 0 spiro atoms. The second-order valence-electron chi connectivity index (χ2n) is 9.37. The van der Waals surface area contributed by atoms with Gasteiger partial charge in [0, 0.05) is 22.7 Å². The highest BCUT2D eigenvalue weighted by Gasteiger charge is 2.32. The zero-order chi connectivity index (χ0) is 25.9. The summed E-state index contributed by atoms with van der Waals surface area (Å²) in [6, 6.07) is 14.6. The van der Waals surface area contributed by atoms with Crippen molar-refractivity contribution in [1.82, 2.24) is 0 Å². The highest BCUT2D eigenvalue weighted by Crippen LogP contribution is 2.39. The van der Waals surface area contributed by atoms with Gasteiger partial charge < -0.3 is 19.7 Å². The van der Waals surface area contributed by atoms with E-state index < -0.39 is 12.1 Å². The number of carbonyl (C=O) groups excluding carboxylic acids is 3. The normalized spacial score (nSPS) is 15.2. The molecule has 3 aromatic rings. The van der Waals surface area contributed by atoms with E-state index in [1.807, 2.05) is 24.3 Å². The lowest BCUT2D eigenvalue weighted by molar-refractivity contribution is -0.126. The third kappa shape index (κ3) is 5.11. The van der Waals surface area contributed by atoms with Gasteiger partial charge in [0.2, 0.25) is 0 Å². The molecule has 0 saturated carbocycles. The number of thiophene rings is 1. The first-order valence-electron chi connectivity index (χ1n) is 12.7. The summed E-state index contributed by atoms with van der Waals surface area (Å²) < 4.78 is 10.9. The minimum absolute atomic E-state index is 0.242. The Morgan fingerprint density at radius 1 is 0.973 bits per heavy atom. The van der Waals surface area contributed by atoms with Gasteiger partial charge in [0.15, 0.2) is 6.10 Å². The monoisotopic (exact) mass is 518 g/mol. The molecule has 0 saturated heterocycles. The Morgan fingerprint density at radius 2 is 1.73 bits per heavy atom. The van der Waals surface area contributed by atoms with E-state index >= 15 is 0 Å². The zero-order valence-corrected chi connectivity index (χ0v) is 21.9. The third-order valence-corrected chi connectivity index (χ3v) is 8.17. The molecule has 0 bridgehead atoms. The summed E-state index contributed by atoms with van der Waals surface area (Å²) in [7, 11) is 1.57. The van der Waals surface area contributed by atoms with Crippen LogP contribution in [0, 0.1) is 0 Å². The molecule has 1 atom stereocenters. The van der Waals surface area contributed by atoms with Gasteiger partial charge >= 0.3 is 5.97 Å². The summed E-state index contributed by atoms with van der Waals surface area (Å²) in [6.07, 6.45) is 4.44. The van der Waals surface area contributed by atoms with E-state index in [-0.39, 0.29) is 11.8 Å². The first-order valence-corrected chi connectivity index (χ1v) is 13.5. The molecule has 192 valence electrons. The van der Waals surface area contributed by atoms with Gasteiger partial charge in [-0.2, -0.15) is 0 Å². The second kappa shape index (κ2) is 10.8. The van der Waals surface area contributed by atoms with Gasteiger partial charge in [0.25, 0.3) is 11.8 Å². The number of nitrogens with zero attached hydrogens (tertiary/aromatic N) is 1. The molecule has 37 heavy (non-hydrogen) atoms. The summed E-state index contributed by atoms with van der Waals surface area (Å²) in [5.74, 6) is -0.476. The van der Waals surface area contributed by atoms with Crippen molar-refractivity contribution in [3.05, 3.63) is 75.7 Å². The SMILES string of the molecule is COc1ccc(C(=O)Nc2sc3c(c2C(=O)O[C@H](C)C(=O)N2CCCc4ccccc42)CCCC3)cc1. The predicted molar refractivity (Wildman–Crippen MR) is 144 cm³/mol. The first-order chi connectivity index (χ1) is 18.0. The van der Waals surface area contributed by atoms with Crippen molar-refractivity contribution in [3.63, 3.8) is 0 Å². The molecule has 5 rings (SSSR count). The van der Waals surface area contributed by atoms with E-state index in [4.69, 9.17) is 9.47 Å². The minimum Gasteiger partial charge on any atom is -0.497 e. The van der Waals surface area contributed by atoms with Crippen molar-refractivity contribution >= 4 is 39.8 Å². The number of amides is 2. The van der Waals surface area contributed by atoms with Crippen molar-refractivity contribution in [2.45, 2.75) is 51.6 Å². The number of carbonyl (C=O) groups is 3. The maximum Gasteiger partial charge on any atom is 0.342 e. The fourth-order valence-electron chi connectivity index (χ4n) is 5.04. The number of hydrogen-bond donors (Lipinski definition) is 1. The average molecular weight is 519 g/mol. The maximum atomic E-state index is 13.5. The molecule has 2 heterocycles. The molecule has 0 unspecified atom stereocenters. The Hall–Kier alpha value is -3.65. The first kappa shape index (κ1) is 25.0. The molecule has 7 nitrogen and oxygen atoms in total. The molecule has 2 aromatic carbocycles. The van der Waals surface area contributed by atoms with Crippen molar-refractivity contribution in [2.24, 2.45) is 0 Å². The maximum absolute atomic E-state index is 13.5. The number of hydrogen-bond acceptors (Lipinski definition) is 6. The van der Waals surface area contributed by atoms with E-state index in [9.17, 15) is 14.4 Å². The van der Waals surface area contributed by atoms with Crippen molar-refractivity contribution < 1.29 is 23.9 Å². The highest BCUT2D eigenvalue weighted by atomic mass is 32.1. The number of aryl methyl sites for hydroxylation is 2. The van der Waals surface area contributed by atoms with Crippen LogP contribution in [-0.4, -0.2) is 37.5 Å². The van der Waals surface area contributed by atoms with E-state index in [0.29, 0.717) is 28.4 Å². The van der Waals surface area contributed by atoms with Crippen molar-refractivity contribution in [2.75, 3.05) is 23.9 Å². The molecule has 8 heteroatoms. The van der Waals surface area contributed by atoms with Crippen LogP contribution in [-0.2, 0) is 28.8 Å². The number of para-hydroxylation sites is 1. The van der Waals surface area contributed by atoms with Gasteiger partial charge in [-0.25, -0.2) is 4.79 Å². The number of esters is 1. The van der Waals surface area contributed by atoms with E-state index in [1.54, 1.807) is 43.2 Å². The summed E-state index contributed by atoms with van der Waals surface area (Å²) >= 11 is 1.42. The largest absolute Gasteiger partial charge is 0.497 e. The van der Waals surface area contributed by atoms with Crippen LogP contribution in [0.15, 0.2) is 48.5 Å². The molecule has 1 aliphatic carbocycles. The van der Waals surface area contributed by atoms with Crippen LogP contribution in [0.4, 0.5) is 10.7 Å². The summed E-state index contributed by atoms with van der Waals surface area (Å²) in [5, 5.41) is 3.40. The fraction of sp³-hybridized carbons (Fsp3) is 0.345. The van der Waals surface area contributed by atoms with Crippen LogP contribution in [0.3, 0.4) is 0 Å². The second-order valence-corrected chi connectivity index (χ2v) is 10.5. The topological polar surface area (TPSA) is 84.9 Å². The fourth-order valence-corrected chi connectivity index (χ4v) is 6.31. The van der Waals surface area contributed by atoms with E-state index in [1.165, 1.54) is 11.3 Å². The van der Waals surface area contributed by atoms with Crippen LogP contribution in [0.5, 0.6) is 5.75 Å². The summed E-state index contributed by atoms with van der Waals surface area (Å²) in [4.78, 5) is 42.6. The number of fused-ring (bicyclic) bond motifs is 2. The van der Waals surface area contributed by atoms with Crippen LogP contribution >= 0.6 is 11.3 Å². The number of nitrogens with one attached hydrogen (secondary N) is 1. The van der Waals surface area contributed by atoms with Crippen LogP contribution in [0.1, 0.15) is 62.9 Å². The summed E-state index contributed by atoms with van der Waals surface area (Å²) in [5.41, 5.74) is 3.76. The molecular weight excluding hydrogens is 488 g/mol. The molecule has 2 aliphatic rings. The quantitative estimate of drug-likeness (QED) is 0.441. The lowest BCUT2D eigenvalue weighted by Crippen LogP contribution is -2.42. The van der Waals surface area contributed by atoms with Crippen molar-refractivity contribution in [3.8, 4) is 5.75 Å². The van der Waals surface area contributed by atoms with Gasteiger partial charge in [-0.05, 0) is 86.9 Å². The van der Waals surface area contributed by atoms with Crippen LogP contribution < -0.4 is 15.0 Å². The molecule has 1 aromatic heterocycles. The predicted octanol–water partition coefficient (Wildman–Crippen LogP) is 5.41. The lowest BCUT2D eigenvalue weighted by atomic mass is 9.95. The van der Waals surface area contributed by atoms with Gasteiger partial charge in [-0.3, -0.25) is 9.59 Å². The molecule has 2 amide bonds. The van der Waals surface area contributed by atoms with Gasteiger partial charge in [0.05, 0.1) is 12.7 Å². The van der Waals surface area contributed by atoms with Crippen LogP contribution in [0.25, 0.3) is 0 Å². The number of benzene rings is 2. The highest BCUT2D eigenvalue weighted by molar-refractivity contribution is 7.17. The zero-order valence-electron chi connectivity index (χ0n) is 21.0. The standard InChI is InChI=1S/C29H30N2O5S/c1-18(28(33)31-17-7-9-19-8-3-5-11-23(19)31)36-29(34)25-22-10-4-6-12-24(22)37-27(25)30-26(32)20-13-15-21(35-2)16-14-20/h3,5,8,11,13-16,18H,4,6-7,9-10,12,17H2,1-2H3,(H,30,32)/t18-/m1/s1. The lowest BCUT2D eigenvalue weighted by Gasteiger charge is -2.31. The Bertz CT molecular complexity index is 1330. The van der Waals surface area contributed by atoms with E-state index in [2.05, 4.69) is 5.32 Å². The van der Waals surface area contributed by atoms with E-state index in [0.717, 1.165) is 60.2 Å². The minimum atomic E-state index is -0.956. The smallest absolute Gasteiger partial charge is 0.342 e. The number of ether oxygens (including phenoxy) is 2. The Kier molecular flexibility index (Phi) is 7.28. The van der Waals surface area contributed by atoms with Gasteiger partial charge in [0.1, 0.15) is 10.8 Å². The average Bonchev–Trinajstić information content (AvgIpc) is 3.30.